The molecule has 2 N–H and O–H groups in total. The van der Waals surface area contributed by atoms with Crippen LogP contribution in [0.3, 0.4) is 0 Å². The van der Waals surface area contributed by atoms with Gasteiger partial charge in [-0.3, -0.25) is 4.79 Å². The van der Waals surface area contributed by atoms with Gasteiger partial charge < -0.3 is 20.1 Å². The lowest BCUT2D eigenvalue weighted by Crippen LogP contribution is -2.30. The van der Waals surface area contributed by atoms with Gasteiger partial charge >= 0.3 is 0 Å². The Morgan fingerprint density at radius 3 is 2.60 bits per heavy atom. The van der Waals surface area contributed by atoms with E-state index in [0.717, 1.165) is 13.0 Å². The summed E-state index contributed by atoms with van der Waals surface area (Å²) in [6.45, 7) is 5.34. The summed E-state index contributed by atoms with van der Waals surface area (Å²) in [5.74, 6) is -0.0670. The molecular formula is C10H22N2O3. The van der Waals surface area contributed by atoms with Crippen molar-refractivity contribution in [2.75, 3.05) is 46.6 Å². The van der Waals surface area contributed by atoms with Crippen molar-refractivity contribution in [1.82, 2.24) is 10.6 Å². The lowest BCUT2D eigenvalue weighted by Gasteiger charge is -2.06. The zero-order valence-electron chi connectivity index (χ0n) is 9.67. The molecule has 15 heavy (non-hydrogen) atoms. The predicted octanol–water partition coefficient (Wildman–Crippen LogP) is -0.235. The van der Waals surface area contributed by atoms with E-state index in [1.807, 2.05) is 14.0 Å². The standard InChI is InChI=1S/C10H22N2O3/c1-3-14-7-8-15-9-10(13)12-6-4-5-11-2/h11H,3-9H2,1-2H3,(H,12,13). The van der Waals surface area contributed by atoms with E-state index in [1.54, 1.807) is 0 Å². The molecule has 0 radical (unpaired) electrons. The first kappa shape index (κ1) is 14.3. The van der Waals surface area contributed by atoms with Crippen LogP contribution in [0.1, 0.15) is 13.3 Å². The monoisotopic (exact) mass is 218 g/mol. The summed E-state index contributed by atoms with van der Waals surface area (Å²) in [5, 5.41) is 5.77. The van der Waals surface area contributed by atoms with E-state index in [2.05, 4.69) is 10.6 Å². The average molecular weight is 218 g/mol. The highest BCUT2D eigenvalue weighted by atomic mass is 16.5. The van der Waals surface area contributed by atoms with Crippen LogP contribution in [0.25, 0.3) is 0 Å². The molecule has 0 atom stereocenters. The van der Waals surface area contributed by atoms with Crippen molar-refractivity contribution in [3.8, 4) is 0 Å². The zero-order chi connectivity index (χ0) is 11.4. The highest BCUT2D eigenvalue weighted by molar-refractivity contribution is 5.77. The van der Waals surface area contributed by atoms with E-state index in [-0.39, 0.29) is 12.5 Å². The molecule has 0 aliphatic carbocycles. The van der Waals surface area contributed by atoms with Crippen LogP contribution in [0.2, 0.25) is 0 Å². The molecule has 90 valence electrons. The predicted molar refractivity (Wildman–Crippen MR) is 58.9 cm³/mol. The van der Waals surface area contributed by atoms with Crippen molar-refractivity contribution in [2.24, 2.45) is 0 Å². The fourth-order valence-electron chi connectivity index (χ4n) is 0.971. The van der Waals surface area contributed by atoms with Gasteiger partial charge in [-0.25, -0.2) is 0 Å². The molecule has 0 aromatic heterocycles. The smallest absolute Gasteiger partial charge is 0.246 e. The molecule has 0 heterocycles. The molecule has 0 fully saturated rings. The summed E-state index contributed by atoms with van der Waals surface area (Å²) >= 11 is 0. The van der Waals surface area contributed by atoms with Gasteiger partial charge in [0.25, 0.3) is 0 Å². The normalized spacial score (nSPS) is 10.3. The van der Waals surface area contributed by atoms with Crippen LogP contribution in [0.15, 0.2) is 0 Å². The Morgan fingerprint density at radius 1 is 1.20 bits per heavy atom. The molecule has 0 aromatic rings. The van der Waals surface area contributed by atoms with Crippen LogP contribution in [0, 0.1) is 0 Å². The van der Waals surface area contributed by atoms with Gasteiger partial charge in [0.1, 0.15) is 6.61 Å². The first-order valence-corrected chi connectivity index (χ1v) is 5.38. The second-order valence-electron chi connectivity index (χ2n) is 3.06. The van der Waals surface area contributed by atoms with E-state index >= 15 is 0 Å². The van der Waals surface area contributed by atoms with E-state index in [1.165, 1.54) is 0 Å². The fourth-order valence-corrected chi connectivity index (χ4v) is 0.971. The molecule has 0 spiro atoms. The van der Waals surface area contributed by atoms with E-state index in [9.17, 15) is 4.79 Å². The number of carbonyl (C=O) groups is 1. The summed E-state index contributed by atoms with van der Waals surface area (Å²) in [7, 11) is 1.89. The highest BCUT2D eigenvalue weighted by Crippen LogP contribution is 1.79. The molecule has 0 aliphatic rings. The molecule has 5 nitrogen and oxygen atoms in total. The SMILES string of the molecule is CCOCCOCC(=O)NCCCNC. The van der Waals surface area contributed by atoms with E-state index < -0.39 is 0 Å². The van der Waals surface area contributed by atoms with Crippen LogP contribution in [0.4, 0.5) is 0 Å². The van der Waals surface area contributed by atoms with Gasteiger partial charge in [0.15, 0.2) is 0 Å². The maximum Gasteiger partial charge on any atom is 0.246 e. The summed E-state index contributed by atoms with van der Waals surface area (Å²) in [4.78, 5) is 11.1. The molecular weight excluding hydrogens is 196 g/mol. The van der Waals surface area contributed by atoms with E-state index in [0.29, 0.717) is 26.4 Å². The van der Waals surface area contributed by atoms with Gasteiger partial charge in [-0.1, -0.05) is 0 Å². The Balaban J connectivity index is 3.11. The third kappa shape index (κ3) is 11.3. The minimum Gasteiger partial charge on any atom is -0.379 e. The average Bonchev–Trinajstić information content (AvgIpc) is 2.24. The first-order valence-electron chi connectivity index (χ1n) is 5.38. The summed E-state index contributed by atoms with van der Waals surface area (Å²) in [5.41, 5.74) is 0. The lowest BCUT2D eigenvalue weighted by molar-refractivity contribution is -0.126. The second-order valence-corrected chi connectivity index (χ2v) is 3.06. The zero-order valence-corrected chi connectivity index (χ0v) is 9.67. The molecule has 1 amide bonds. The largest absolute Gasteiger partial charge is 0.379 e. The third-order valence-electron chi connectivity index (χ3n) is 1.74. The summed E-state index contributed by atoms with van der Waals surface area (Å²) < 4.78 is 10.2. The van der Waals surface area contributed by atoms with Gasteiger partial charge in [-0.05, 0) is 26.9 Å². The number of rotatable bonds is 10. The molecule has 0 saturated carbocycles. The first-order chi connectivity index (χ1) is 7.31. The number of hydrogen-bond donors (Lipinski definition) is 2. The Hall–Kier alpha value is -0.650. The number of carbonyl (C=O) groups excluding carboxylic acids is 1. The van der Waals surface area contributed by atoms with Crippen LogP contribution in [-0.2, 0) is 14.3 Å². The Kier molecular flexibility index (Phi) is 10.9. The minimum absolute atomic E-state index is 0.0670. The van der Waals surface area contributed by atoms with Crippen molar-refractivity contribution < 1.29 is 14.3 Å². The molecule has 0 aliphatic heterocycles. The molecule has 5 heteroatoms. The third-order valence-corrected chi connectivity index (χ3v) is 1.74. The minimum atomic E-state index is -0.0670. The number of amides is 1. The maximum absolute atomic E-state index is 11.1. The maximum atomic E-state index is 11.1. The molecule has 0 aromatic carbocycles. The molecule has 0 bridgehead atoms. The molecule has 0 saturated heterocycles. The van der Waals surface area contributed by atoms with Crippen molar-refractivity contribution >= 4 is 5.91 Å². The van der Waals surface area contributed by atoms with Gasteiger partial charge in [0.05, 0.1) is 13.2 Å². The topological polar surface area (TPSA) is 59.6 Å². The van der Waals surface area contributed by atoms with Gasteiger partial charge in [-0.15, -0.1) is 0 Å². The number of hydrogen-bond acceptors (Lipinski definition) is 4. The highest BCUT2D eigenvalue weighted by Gasteiger charge is 1.99. The van der Waals surface area contributed by atoms with Crippen LogP contribution in [-0.4, -0.2) is 52.5 Å². The lowest BCUT2D eigenvalue weighted by atomic mass is 10.4. The second kappa shape index (κ2) is 11.4. The Morgan fingerprint density at radius 2 is 1.93 bits per heavy atom. The van der Waals surface area contributed by atoms with Crippen LogP contribution in [0.5, 0.6) is 0 Å². The summed E-state index contributed by atoms with van der Waals surface area (Å²) in [6.07, 6.45) is 0.932. The molecule has 0 rings (SSSR count). The quantitative estimate of drug-likeness (QED) is 0.497. The Bertz CT molecular complexity index is 154. The fraction of sp³-hybridized carbons (Fsp3) is 0.900. The van der Waals surface area contributed by atoms with Crippen molar-refractivity contribution in [3.05, 3.63) is 0 Å². The van der Waals surface area contributed by atoms with E-state index in [4.69, 9.17) is 9.47 Å². The summed E-state index contributed by atoms with van der Waals surface area (Å²) in [6, 6.07) is 0. The van der Waals surface area contributed by atoms with Crippen LogP contribution < -0.4 is 10.6 Å². The van der Waals surface area contributed by atoms with Gasteiger partial charge in [0, 0.05) is 13.2 Å². The van der Waals surface area contributed by atoms with Crippen molar-refractivity contribution in [2.45, 2.75) is 13.3 Å². The van der Waals surface area contributed by atoms with Crippen molar-refractivity contribution in [3.63, 3.8) is 0 Å². The number of ether oxygens (including phenoxy) is 2. The van der Waals surface area contributed by atoms with Gasteiger partial charge in [0.2, 0.25) is 5.91 Å². The Labute approximate surface area is 91.5 Å². The molecule has 0 unspecified atom stereocenters. The van der Waals surface area contributed by atoms with Crippen LogP contribution >= 0.6 is 0 Å². The van der Waals surface area contributed by atoms with Gasteiger partial charge in [-0.2, -0.15) is 0 Å². The number of nitrogens with one attached hydrogen (secondary N) is 2. The van der Waals surface area contributed by atoms with Crippen molar-refractivity contribution in [1.29, 1.82) is 0 Å².